The van der Waals surface area contributed by atoms with Gasteiger partial charge in [-0.2, -0.15) is 0 Å². The van der Waals surface area contributed by atoms with Crippen molar-refractivity contribution in [1.29, 1.82) is 0 Å². The van der Waals surface area contributed by atoms with Gasteiger partial charge in [0.15, 0.2) is 0 Å². The van der Waals surface area contributed by atoms with Crippen LogP contribution >= 0.6 is 34.5 Å². The van der Waals surface area contributed by atoms with Crippen LogP contribution < -0.4 is 16.4 Å². The molecular weight excluding hydrogens is 345 g/mol. The molecule has 0 atom stereocenters. The molecule has 0 aliphatic rings. The van der Waals surface area contributed by atoms with Crippen molar-refractivity contribution in [3.8, 4) is 0 Å². The molecule has 22 heavy (non-hydrogen) atoms. The number of amides is 3. The molecule has 2 aromatic rings. The number of nitrogens with one attached hydrogen (secondary N) is 2. The molecule has 1 heterocycles. The van der Waals surface area contributed by atoms with E-state index in [0.29, 0.717) is 26.3 Å². The third-order valence-corrected chi connectivity index (χ3v) is 4.90. The second kappa shape index (κ2) is 6.56. The van der Waals surface area contributed by atoms with E-state index < -0.39 is 11.9 Å². The monoisotopic (exact) mass is 357 g/mol. The van der Waals surface area contributed by atoms with Crippen LogP contribution in [0.5, 0.6) is 0 Å². The first-order valence-electron chi connectivity index (χ1n) is 6.22. The van der Waals surface area contributed by atoms with Gasteiger partial charge < -0.3 is 11.1 Å². The SMILES string of the molecule is Cc1sc(NC(=O)Nc2ccc(Cl)c(Cl)c2)c(C(N)=O)c1C. The summed E-state index contributed by atoms with van der Waals surface area (Å²) in [7, 11) is 0. The van der Waals surface area contributed by atoms with Crippen molar-refractivity contribution >= 4 is 57.2 Å². The molecule has 1 aromatic carbocycles. The van der Waals surface area contributed by atoms with E-state index in [1.165, 1.54) is 17.4 Å². The van der Waals surface area contributed by atoms with E-state index in [4.69, 9.17) is 28.9 Å². The Labute approximate surface area is 141 Å². The topological polar surface area (TPSA) is 84.2 Å². The van der Waals surface area contributed by atoms with E-state index in [1.54, 1.807) is 19.1 Å². The number of hydrogen-bond donors (Lipinski definition) is 3. The van der Waals surface area contributed by atoms with Crippen LogP contribution in [0.1, 0.15) is 20.8 Å². The van der Waals surface area contributed by atoms with Gasteiger partial charge in [-0.15, -0.1) is 11.3 Å². The minimum atomic E-state index is -0.577. The Morgan fingerprint density at radius 1 is 1.14 bits per heavy atom. The summed E-state index contributed by atoms with van der Waals surface area (Å²) in [4.78, 5) is 24.4. The zero-order chi connectivity index (χ0) is 16.4. The summed E-state index contributed by atoms with van der Waals surface area (Å²) in [6.45, 7) is 3.64. The highest BCUT2D eigenvalue weighted by molar-refractivity contribution is 7.16. The number of anilines is 2. The fourth-order valence-corrected chi connectivity index (χ4v) is 3.21. The van der Waals surface area contributed by atoms with E-state index >= 15 is 0 Å². The van der Waals surface area contributed by atoms with Crippen molar-refractivity contribution in [2.75, 3.05) is 10.6 Å². The minimum Gasteiger partial charge on any atom is -0.365 e. The van der Waals surface area contributed by atoms with E-state index in [2.05, 4.69) is 10.6 Å². The van der Waals surface area contributed by atoms with Crippen LogP contribution in [0.25, 0.3) is 0 Å². The van der Waals surface area contributed by atoms with E-state index in [1.807, 2.05) is 6.92 Å². The van der Waals surface area contributed by atoms with Gasteiger partial charge in [0.05, 0.1) is 15.6 Å². The third-order valence-electron chi connectivity index (χ3n) is 3.04. The number of carbonyl (C=O) groups excluding carboxylic acids is 2. The highest BCUT2D eigenvalue weighted by Gasteiger charge is 2.19. The second-order valence-electron chi connectivity index (χ2n) is 4.56. The van der Waals surface area contributed by atoms with Crippen molar-refractivity contribution in [2.24, 2.45) is 5.73 Å². The molecule has 0 saturated heterocycles. The van der Waals surface area contributed by atoms with Gasteiger partial charge in [-0.25, -0.2) is 4.79 Å². The first kappa shape index (κ1) is 16.6. The van der Waals surface area contributed by atoms with Crippen LogP contribution in [-0.2, 0) is 0 Å². The zero-order valence-corrected chi connectivity index (χ0v) is 14.1. The number of thiophene rings is 1. The van der Waals surface area contributed by atoms with Crippen molar-refractivity contribution in [2.45, 2.75) is 13.8 Å². The number of rotatable bonds is 3. The standard InChI is InChI=1S/C14H13Cl2N3O2S/c1-6-7(2)22-13(11(6)12(17)20)19-14(21)18-8-3-4-9(15)10(16)5-8/h3-5H,1-2H3,(H2,17,20)(H2,18,19,21). The van der Waals surface area contributed by atoms with Crippen LogP contribution in [0, 0.1) is 13.8 Å². The van der Waals surface area contributed by atoms with Gasteiger partial charge in [-0.05, 0) is 37.6 Å². The zero-order valence-electron chi connectivity index (χ0n) is 11.8. The highest BCUT2D eigenvalue weighted by atomic mass is 35.5. The molecule has 116 valence electrons. The van der Waals surface area contributed by atoms with Gasteiger partial charge >= 0.3 is 6.03 Å². The van der Waals surface area contributed by atoms with E-state index in [9.17, 15) is 9.59 Å². The summed E-state index contributed by atoms with van der Waals surface area (Å²) in [5, 5.41) is 6.39. The lowest BCUT2D eigenvalue weighted by Crippen LogP contribution is -2.21. The smallest absolute Gasteiger partial charge is 0.324 e. The molecule has 1 aromatic heterocycles. The molecule has 0 aliphatic heterocycles. The van der Waals surface area contributed by atoms with Gasteiger partial charge in [0.2, 0.25) is 0 Å². The molecule has 8 heteroatoms. The number of benzene rings is 1. The first-order valence-corrected chi connectivity index (χ1v) is 7.79. The predicted octanol–water partition coefficient (Wildman–Crippen LogP) is 4.41. The Bertz CT molecular complexity index is 759. The fourth-order valence-electron chi connectivity index (χ4n) is 1.85. The maximum atomic E-state index is 12.0. The Hall–Kier alpha value is -1.76. The molecule has 4 N–H and O–H groups in total. The largest absolute Gasteiger partial charge is 0.365 e. The number of primary amides is 1. The first-order chi connectivity index (χ1) is 10.3. The lowest BCUT2D eigenvalue weighted by Gasteiger charge is -2.08. The average Bonchev–Trinajstić information content (AvgIpc) is 2.69. The molecular formula is C14H13Cl2N3O2S. The Morgan fingerprint density at radius 3 is 2.41 bits per heavy atom. The maximum absolute atomic E-state index is 12.0. The number of carbonyl (C=O) groups is 2. The molecule has 3 amide bonds. The molecule has 0 fully saturated rings. The summed E-state index contributed by atoms with van der Waals surface area (Å²) < 4.78 is 0. The van der Waals surface area contributed by atoms with Gasteiger partial charge in [0, 0.05) is 10.6 Å². The van der Waals surface area contributed by atoms with Gasteiger partial charge in [0.1, 0.15) is 5.00 Å². The van der Waals surface area contributed by atoms with Crippen LogP contribution in [0.3, 0.4) is 0 Å². The predicted molar refractivity (Wildman–Crippen MR) is 91.4 cm³/mol. The molecule has 2 rings (SSSR count). The van der Waals surface area contributed by atoms with Crippen molar-refractivity contribution in [3.05, 3.63) is 44.2 Å². The molecule has 5 nitrogen and oxygen atoms in total. The lowest BCUT2D eigenvalue weighted by atomic mass is 10.1. The molecule has 0 unspecified atom stereocenters. The fraction of sp³-hybridized carbons (Fsp3) is 0.143. The highest BCUT2D eigenvalue weighted by Crippen LogP contribution is 2.32. The third kappa shape index (κ3) is 3.52. The van der Waals surface area contributed by atoms with Gasteiger partial charge in [-0.1, -0.05) is 23.2 Å². The van der Waals surface area contributed by atoms with Gasteiger partial charge in [0.25, 0.3) is 5.91 Å². The van der Waals surface area contributed by atoms with Crippen molar-refractivity contribution in [1.82, 2.24) is 0 Å². The quantitative estimate of drug-likeness (QED) is 0.759. The van der Waals surface area contributed by atoms with E-state index in [-0.39, 0.29) is 0 Å². The molecule has 0 spiro atoms. The van der Waals surface area contributed by atoms with Gasteiger partial charge in [-0.3, -0.25) is 10.1 Å². The van der Waals surface area contributed by atoms with E-state index in [0.717, 1.165) is 10.4 Å². The summed E-state index contributed by atoms with van der Waals surface area (Å²) in [6, 6.07) is 4.23. The number of halogens is 2. The summed E-state index contributed by atoms with van der Waals surface area (Å²) in [6.07, 6.45) is 0. The average molecular weight is 358 g/mol. The minimum absolute atomic E-state index is 0.326. The normalized spacial score (nSPS) is 10.4. The van der Waals surface area contributed by atoms with Crippen LogP contribution in [-0.4, -0.2) is 11.9 Å². The Kier molecular flexibility index (Phi) is 4.95. The lowest BCUT2D eigenvalue weighted by molar-refractivity contribution is 0.100. The number of nitrogens with two attached hydrogens (primary N) is 1. The summed E-state index contributed by atoms with van der Waals surface area (Å²) in [5.74, 6) is -0.577. The Morgan fingerprint density at radius 2 is 1.82 bits per heavy atom. The number of aryl methyl sites for hydroxylation is 1. The Balaban J connectivity index is 2.17. The molecule has 0 radical (unpaired) electrons. The number of hydrogen-bond acceptors (Lipinski definition) is 3. The molecule has 0 saturated carbocycles. The van der Waals surface area contributed by atoms with Crippen molar-refractivity contribution < 1.29 is 9.59 Å². The maximum Gasteiger partial charge on any atom is 0.324 e. The van der Waals surface area contributed by atoms with Crippen LogP contribution in [0.15, 0.2) is 18.2 Å². The summed E-state index contributed by atoms with van der Waals surface area (Å²) >= 11 is 13.0. The van der Waals surface area contributed by atoms with Crippen LogP contribution in [0.4, 0.5) is 15.5 Å². The van der Waals surface area contributed by atoms with Crippen molar-refractivity contribution in [3.63, 3.8) is 0 Å². The summed E-state index contributed by atoms with van der Waals surface area (Å²) in [5.41, 5.74) is 6.93. The molecule has 0 aliphatic carbocycles. The molecule has 0 bridgehead atoms. The number of urea groups is 1. The second-order valence-corrected chi connectivity index (χ2v) is 6.60. The van der Waals surface area contributed by atoms with Crippen LogP contribution in [0.2, 0.25) is 10.0 Å².